The summed E-state index contributed by atoms with van der Waals surface area (Å²) in [5.74, 6) is -0.396. The van der Waals surface area contributed by atoms with Crippen LogP contribution in [0.4, 0.5) is 5.69 Å². The SMILES string of the molecule is N#Cc1ccc(CNC(=O)CN2c3cccc4cccc(c34)S2(=O)=O)cc1. The summed E-state index contributed by atoms with van der Waals surface area (Å²) in [5.41, 5.74) is 1.90. The second-order valence-electron chi connectivity index (χ2n) is 6.23. The summed E-state index contributed by atoms with van der Waals surface area (Å²) in [5, 5.41) is 13.0. The molecule has 1 heterocycles. The second kappa shape index (κ2) is 6.41. The molecule has 1 aliphatic rings. The van der Waals surface area contributed by atoms with Crippen molar-refractivity contribution in [3.63, 3.8) is 0 Å². The number of sulfonamides is 1. The number of nitrogens with one attached hydrogen (secondary N) is 1. The van der Waals surface area contributed by atoms with Crippen LogP contribution in [0.3, 0.4) is 0 Å². The zero-order valence-corrected chi connectivity index (χ0v) is 15.0. The third-order valence-corrected chi connectivity index (χ3v) is 6.34. The maximum absolute atomic E-state index is 12.9. The number of hydrogen-bond acceptors (Lipinski definition) is 4. The van der Waals surface area contributed by atoms with Crippen molar-refractivity contribution < 1.29 is 13.2 Å². The maximum atomic E-state index is 12.9. The number of nitriles is 1. The van der Waals surface area contributed by atoms with Crippen LogP contribution in [0.25, 0.3) is 10.8 Å². The van der Waals surface area contributed by atoms with Gasteiger partial charge in [0, 0.05) is 11.9 Å². The third-order valence-electron chi connectivity index (χ3n) is 4.54. The minimum atomic E-state index is -3.75. The topological polar surface area (TPSA) is 90.3 Å². The van der Waals surface area contributed by atoms with Crippen molar-refractivity contribution in [3.05, 3.63) is 71.8 Å². The van der Waals surface area contributed by atoms with E-state index in [-0.39, 0.29) is 18.0 Å². The minimum absolute atomic E-state index is 0.232. The Balaban J connectivity index is 1.53. The highest BCUT2D eigenvalue weighted by Crippen LogP contribution is 2.41. The summed E-state index contributed by atoms with van der Waals surface area (Å²) in [7, 11) is -3.75. The molecule has 1 amide bonds. The van der Waals surface area contributed by atoms with Gasteiger partial charge in [0.15, 0.2) is 0 Å². The molecular formula is C20H15N3O3S. The van der Waals surface area contributed by atoms with Crippen molar-refractivity contribution in [1.82, 2.24) is 5.32 Å². The first-order chi connectivity index (χ1) is 13.0. The molecule has 0 radical (unpaired) electrons. The summed E-state index contributed by atoms with van der Waals surface area (Å²) in [4.78, 5) is 12.6. The number of hydrogen-bond donors (Lipinski definition) is 1. The molecule has 6 nitrogen and oxygen atoms in total. The average molecular weight is 377 g/mol. The van der Waals surface area contributed by atoms with E-state index in [1.165, 1.54) is 0 Å². The summed E-state index contributed by atoms with van der Waals surface area (Å²) < 4.78 is 26.9. The normalized spacial score (nSPS) is 14.1. The van der Waals surface area contributed by atoms with E-state index in [0.29, 0.717) is 16.6 Å². The Morgan fingerprint density at radius 2 is 1.74 bits per heavy atom. The van der Waals surface area contributed by atoms with Crippen LogP contribution < -0.4 is 9.62 Å². The first-order valence-electron chi connectivity index (χ1n) is 8.31. The number of rotatable bonds is 4. The van der Waals surface area contributed by atoms with Crippen LogP contribution in [0, 0.1) is 11.3 Å². The molecular weight excluding hydrogens is 362 g/mol. The highest BCUT2D eigenvalue weighted by Gasteiger charge is 2.36. The van der Waals surface area contributed by atoms with Crippen molar-refractivity contribution in [3.8, 4) is 6.07 Å². The molecule has 27 heavy (non-hydrogen) atoms. The zero-order chi connectivity index (χ0) is 19.0. The van der Waals surface area contributed by atoms with Gasteiger partial charge < -0.3 is 5.32 Å². The summed E-state index contributed by atoms with van der Waals surface area (Å²) in [6, 6.07) is 19.3. The van der Waals surface area contributed by atoms with E-state index in [0.717, 1.165) is 15.3 Å². The van der Waals surface area contributed by atoms with E-state index in [9.17, 15) is 13.2 Å². The average Bonchev–Trinajstić information content (AvgIpc) is 2.90. The molecule has 134 valence electrons. The van der Waals surface area contributed by atoms with Gasteiger partial charge in [0.05, 0.1) is 22.2 Å². The predicted molar refractivity (Wildman–Crippen MR) is 101 cm³/mol. The van der Waals surface area contributed by atoms with Crippen LogP contribution in [-0.2, 0) is 21.4 Å². The van der Waals surface area contributed by atoms with E-state index in [1.807, 2.05) is 18.2 Å². The Kier molecular flexibility index (Phi) is 4.05. The van der Waals surface area contributed by atoms with E-state index < -0.39 is 15.9 Å². The van der Waals surface area contributed by atoms with Crippen LogP contribution >= 0.6 is 0 Å². The van der Waals surface area contributed by atoms with Gasteiger partial charge >= 0.3 is 0 Å². The van der Waals surface area contributed by atoms with Gasteiger partial charge in [-0.15, -0.1) is 0 Å². The van der Waals surface area contributed by atoms with Crippen LogP contribution in [0.15, 0.2) is 65.6 Å². The number of benzene rings is 3. The summed E-state index contributed by atoms with van der Waals surface area (Å²) in [6.07, 6.45) is 0. The fraction of sp³-hybridized carbons (Fsp3) is 0.100. The number of carbonyl (C=O) groups excluding carboxylic acids is 1. The van der Waals surface area contributed by atoms with Gasteiger partial charge in [-0.05, 0) is 35.2 Å². The summed E-state index contributed by atoms with van der Waals surface area (Å²) in [6.45, 7) is -0.0258. The monoisotopic (exact) mass is 377 g/mol. The molecule has 0 saturated heterocycles. The second-order valence-corrected chi connectivity index (χ2v) is 8.06. The molecule has 0 saturated carbocycles. The van der Waals surface area contributed by atoms with Crippen LogP contribution in [0.2, 0.25) is 0 Å². The Labute approximate surface area is 156 Å². The Bertz CT molecular complexity index is 1190. The van der Waals surface area contributed by atoms with Crippen molar-refractivity contribution in [2.75, 3.05) is 10.8 Å². The minimum Gasteiger partial charge on any atom is -0.350 e. The summed E-state index contributed by atoms with van der Waals surface area (Å²) >= 11 is 0. The van der Waals surface area contributed by atoms with Crippen molar-refractivity contribution in [2.24, 2.45) is 0 Å². The molecule has 1 N–H and O–H groups in total. The molecule has 4 rings (SSSR count). The van der Waals surface area contributed by atoms with Crippen LogP contribution in [0.5, 0.6) is 0 Å². The number of amides is 1. The van der Waals surface area contributed by atoms with E-state index in [2.05, 4.69) is 5.32 Å². The lowest BCUT2D eigenvalue weighted by Crippen LogP contribution is -2.38. The van der Waals surface area contributed by atoms with Gasteiger partial charge in [-0.3, -0.25) is 9.10 Å². The Hall–Kier alpha value is -3.37. The molecule has 3 aromatic rings. The van der Waals surface area contributed by atoms with E-state index in [1.54, 1.807) is 48.5 Å². The van der Waals surface area contributed by atoms with Gasteiger partial charge in [0.25, 0.3) is 10.0 Å². The molecule has 1 aliphatic heterocycles. The molecule has 0 atom stereocenters. The zero-order valence-electron chi connectivity index (χ0n) is 14.2. The molecule has 0 bridgehead atoms. The smallest absolute Gasteiger partial charge is 0.265 e. The standard InChI is InChI=1S/C20H15N3O3S/c21-11-14-7-9-15(10-8-14)12-22-19(24)13-23-17-5-1-3-16-4-2-6-18(20(16)17)27(23,25)26/h1-10H,12-13H2,(H,22,24). The van der Waals surface area contributed by atoms with Crippen LogP contribution in [-0.4, -0.2) is 20.9 Å². The lowest BCUT2D eigenvalue weighted by molar-refractivity contribution is -0.119. The third kappa shape index (κ3) is 2.90. The highest BCUT2D eigenvalue weighted by atomic mass is 32.2. The molecule has 0 unspecified atom stereocenters. The molecule has 3 aromatic carbocycles. The lowest BCUT2D eigenvalue weighted by atomic mass is 10.1. The first-order valence-corrected chi connectivity index (χ1v) is 9.75. The lowest BCUT2D eigenvalue weighted by Gasteiger charge is -2.18. The molecule has 0 aliphatic carbocycles. The molecule has 0 fully saturated rings. The van der Waals surface area contributed by atoms with Gasteiger partial charge in [-0.1, -0.05) is 36.4 Å². The van der Waals surface area contributed by atoms with Crippen molar-refractivity contribution >= 4 is 32.4 Å². The van der Waals surface area contributed by atoms with Gasteiger partial charge in [-0.25, -0.2) is 8.42 Å². The fourth-order valence-electron chi connectivity index (χ4n) is 3.21. The molecule has 7 heteroatoms. The number of carbonyl (C=O) groups is 1. The molecule has 0 aromatic heterocycles. The highest BCUT2D eigenvalue weighted by molar-refractivity contribution is 7.93. The van der Waals surface area contributed by atoms with Crippen molar-refractivity contribution in [2.45, 2.75) is 11.4 Å². The van der Waals surface area contributed by atoms with Gasteiger partial charge in [0.2, 0.25) is 5.91 Å². The maximum Gasteiger partial charge on any atom is 0.265 e. The molecule has 0 spiro atoms. The van der Waals surface area contributed by atoms with Gasteiger partial charge in [-0.2, -0.15) is 5.26 Å². The Morgan fingerprint density at radius 3 is 2.44 bits per heavy atom. The predicted octanol–water partition coefficient (Wildman–Crippen LogP) is 2.54. The number of anilines is 1. The Morgan fingerprint density at radius 1 is 1.04 bits per heavy atom. The first kappa shape index (κ1) is 17.1. The fourth-order valence-corrected chi connectivity index (χ4v) is 4.88. The van der Waals surface area contributed by atoms with Crippen LogP contribution in [0.1, 0.15) is 11.1 Å². The number of nitrogens with zero attached hydrogens (tertiary/aromatic N) is 2. The van der Waals surface area contributed by atoms with Crippen molar-refractivity contribution in [1.29, 1.82) is 5.26 Å². The van der Waals surface area contributed by atoms with E-state index in [4.69, 9.17) is 5.26 Å². The quantitative estimate of drug-likeness (QED) is 0.756. The largest absolute Gasteiger partial charge is 0.350 e. The van der Waals surface area contributed by atoms with Gasteiger partial charge in [0.1, 0.15) is 6.54 Å². The van der Waals surface area contributed by atoms with E-state index >= 15 is 0 Å².